The highest BCUT2D eigenvalue weighted by Crippen LogP contribution is 2.47. The van der Waals surface area contributed by atoms with Crippen molar-refractivity contribution in [3.63, 3.8) is 0 Å². The van der Waals surface area contributed by atoms with Gasteiger partial charge in [-0.05, 0) is 25.5 Å². The molecule has 4 nitrogen and oxygen atoms in total. The molecule has 23 heavy (non-hydrogen) atoms. The van der Waals surface area contributed by atoms with Crippen LogP contribution in [0.15, 0.2) is 29.3 Å². The quantitative estimate of drug-likeness (QED) is 0.617. The van der Waals surface area contributed by atoms with Crippen molar-refractivity contribution in [2.45, 2.75) is 57.8 Å². The van der Waals surface area contributed by atoms with Gasteiger partial charge in [0, 0.05) is 19.3 Å². The molecule has 2 heterocycles. The summed E-state index contributed by atoms with van der Waals surface area (Å²) in [6.07, 6.45) is 1.39. The Morgan fingerprint density at radius 1 is 1.35 bits per heavy atom. The number of fused-ring (bicyclic) bond motifs is 1. The zero-order valence-electron chi connectivity index (χ0n) is 13.0. The molecule has 0 radical (unpaired) electrons. The first-order valence-corrected chi connectivity index (χ1v) is 8.29. The largest absolute Gasteiger partial charge is 0.458 e. The molecule has 1 saturated heterocycles. The van der Waals surface area contributed by atoms with E-state index in [2.05, 4.69) is 4.99 Å². The minimum atomic E-state index is -1.14. The van der Waals surface area contributed by atoms with Crippen LogP contribution >= 0.6 is 11.8 Å². The first-order chi connectivity index (χ1) is 10.4. The van der Waals surface area contributed by atoms with Gasteiger partial charge in [0.25, 0.3) is 0 Å². The molecule has 0 aromatic heterocycles. The number of hydrogen-bond donors (Lipinski definition) is 0. The Morgan fingerprint density at radius 2 is 2.04 bits per heavy atom. The summed E-state index contributed by atoms with van der Waals surface area (Å²) in [6.45, 7) is 5.48. The number of para-hydroxylation sites is 1. The number of esters is 1. The number of Topliss-reactive ketones (excluding diaryl/α,β-unsaturated/α-hetero) is 1. The monoisotopic (exact) mass is 333 g/mol. The first kappa shape index (κ1) is 17.7. The normalized spacial score (nSPS) is 24.5. The Balaban J connectivity index is 0.00000192. The summed E-state index contributed by atoms with van der Waals surface area (Å²) in [5, 5.41) is 0.817. The number of carbonyl (C=O) groups excluding carboxylic acids is 2. The number of ether oxygens (including phenoxy) is 1. The number of aliphatic imine (C=N–C) groups is 1. The molecule has 2 aliphatic heterocycles. The molecule has 1 unspecified atom stereocenters. The molecule has 0 aliphatic carbocycles. The van der Waals surface area contributed by atoms with Gasteiger partial charge in [-0.25, -0.2) is 4.99 Å². The van der Waals surface area contributed by atoms with Gasteiger partial charge in [-0.3, -0.25) is 9.59 Å². The van der Waals surface area contributed by atoms with Crippen molar-refractivity contribution in [3.05, 3.63) is 29.8 Å². The van der Waals surface area contributed by atoms with Crippen LogP contribution in [-0.2, 0) is 20.7 Å². The van der Waals surface area contributed by atoms with Crippen LogP contribution < -0.4 is 0 Å². The average Bonchev–Trinajstić information content (AvgIpc) is 2.96. The van der Waals surface area contributed by atoms with Gasteiger partial charge in [0.15, 0.2) is 10.5 Å². The van der Waals surface area contributed by atoms with E-state index in [0.717, 1.165) is 16.3 Å². The molecule has 0 amide bonds. The molecular formula is C18H23NO3S. The van der Waals surface area contributed by atoms with Gasteiger partial charge >= 0.3 is 5.97 Å². The predicted octanol–water partition coefficient (Wildman–Crippen LogP) is 4.09. The van der Waals surface area contributed by atoms with E-state index in [1.165, 1.54) is 11.8 Å². The molecule has 0 N–H and O–H groups in total. The highest BCUT2D eigenvalue weighted by Gasteiger charge is 2.58. The number of hydrogen-bond acceptors (Lipinski definition) is 5. The van der Waals surface area contributed by atoms with Crippen molar-refractivity contribution in [3.8, 4) is 0 Å². The lowest BCUT2D eigenvalue weighted by molar-refractivity contribution is -0.148. The highest BCUT2D eigenvalue weighted by atomic mass is 32.2. The van der Waals surface area contributed by atoms with Crippen LogP contribution in [0.25, 0.3) is 0 Å². The van der Waals surface area contributed by atoms with E-state index in [9.17, 15) is 9.59 Å². The van der Waals surface area contributed by atoms with E-state index in [-0.39, 0.29) is 13.2 Å². The second-order valence-corrected chi connectivity index (χ2v) is 7.72. The molecule has 1 fully saturated rings. The summed E-state index contributed by atoms with van der Waals surface area (Å²) in [4.78, 5) is 29.6. The summed E-state index contributed by atoms with van der Waals surface area (Å²) in [5.74, 6) is -0.500. The van der Waals surface area contributed by atoms with Crippen LogP contribution in [0.1, 0.15) is 46.6 Å². The number of nitrogens with zero attached hydrogens (tertiary/aromatic N) is 1. The molecule has 124 valence electrons. The second kappa shape index (κ2) is 6.11. The second-order valence-electron chi connectivity index (χ2n) is 6.34. The Bertz CT molecular complexity index is 681. The summed E-state index contributed by atoms with van der Waals surface area (Å²) >= 11 is 1.29. The summed E-state index contributed by atoms with van der Waals surface area (Å²) in [7, 11) is 0. The van der Waals surface area contributed by atoms with Gasteiger partial charge in [0.05, 0.1) is 10.7 Å². The van der Waals surface area contributed by atoms with Crippen LogP contribution in [0.5, 0.6) is 0 Å². The third-order valence-electron chi connectivity index (χ3n) is 4.02. The fourth-order valence-corrected chi connectivity index (χ4v) is 4.62. The maximum absolute atomic E-state index is 12.5. The number of ketones is 1. The first-order valence-electron chi connectivity index (χ1n) is 7.47. The molecule has 0 saturated carbocycles. The number of cyclic esters (lactones) is 1. The molecule has 1 aromatic carbocycles. The van der Waals surface area contributed by atoms with E-state index in [1.54, 1.807) is 6.92 Å². The Labute approximate surface area is 141 Å². The Kier molecular flexibility index (Phi) is 4.71. The van der Waals surface area contributed by atoms with Gasteiger partial charge in [-0.15, -0.1) is 0 Å². The van der Waals surface area contributed by atoms with E-state index in [0.29, 0.717) is 19.3 Å². The average molecular weight is 333 g/mol. The third kappa shape index (κ3) is 3.07. The van der Waals surface area contributed by atoms with E-state index in [1.807, 2.05) is 38.1 Å². The Morgan fingerprint density at radius 3 is 2.61 bits per heavy atom. The van der Waals surface area contributed by atoms with Crippen molar-refractivity contribution < 1.29 is 14.3 Å². The van der Waals surface area contributed by atoms with E-state index < -0.39 is 16.3 Å². The van der Waals surface area contributed by atoms with Gasteiger partial charge < -0.3 is 4.74 Å². The molecule has 1 aromatic rings. The molecule has 3 rings (SSSR count). The van der Waals surface area contributed by atoms with Crippen LogP contribution in [0.4, 0.5) is 5.69 Å². The molecule has 1 atom stereocenters. The predicted molar refractivity (Wildman–Crippen MR) is 94.4 cm³/mol. The number of carbonyl (C=O) groups is 2. The van der Waals surface area contributed by atoms with Gasteiger partial charge in [-0.2, -0.15) is 0 Å². The lowest BCUT2D eigenvalue weighted by Gasteiger charge is -2.23. The number of thioether (sulfide) groups is 1. The fraction of sp³-hybridized carbons (Fsp3) is 0.500. The smallest absolute Gasteiger partial charge is 0.330 e. The van der Waals surface area contributed by atoms with Crippen LogP contribution in [0.2, 0.25) is 0 Å². The fourth-order valence-electron chi connectivity index (χ4n) is 3.04. The third-order valence-corrected chi connectivity index (χ3v) is 5.37. The summed E-state index contributed by atoms with van der Waals surface area (Å²) < 4.78 is 4.30. The molecular weight excluding hydrogens is 310 g/mol. The number of rotatable bonds is 3. The molecule has 5 heteroatoms. The minimum Gasteiger partial charge on any atom is -0.458 e. The highest BCUT2D eigenvalue weighted by molar-refractivity contribution is 8.16. The van der Waals surface area contributed by atoms with E-state index >= 15 is 0 Å². The van der Waals surface area contributed by atoms with Crippen molar-refractivity contribution in [1.29, 1.82) is 0 Å². The molecule has 0 bridgehead atoms. The zero-order valence-corrected chi connectivity index (χ0v) is 13.8. The lowest BCUT2D eigenvalue weighted by atomic mass is 9.92. The molecule has 0 spiro atoms. The minimum absolute atomic E-state index is 0. The van der Waals surface area contributed by atoms with Crippen LogP contribution in [0, 0.1) is 0 Å². The maximum atomic E-state index is 12.5. The number of benzene rings is 1. The van der Waals surface area contributed by atoms with Gasteiger partial charge in [-0.1, -0.05) is 44.3 Å². The molecule has 2 aliphatic rings. The van der Waals surface area contributed by atoms with Gasteiger partial charge in [0.2, 0.25) is 0 Å². The van der Waals surface area contributed by atoms with Crippen molar-refractivity contribution in [1.82, 2.24) is 0 Å². The summed E-state index contributed by atoms with van der Waals surface area (Å²) in [6, 6.07) is 7.89. The van der Waals surface area contributed by atoms with Crippen molar-refractivity contribution in [2.75, 3.05) is 0 Å². The van der Waals surface area contributed by atoms with Crippen molar-refractivity contribution >= 4 is 34.2 Å². The SMILES string of the molecule is C.CCC(=O)C1(SC2=Nc3ccccc3C2)CC(C)(C)OC1=O. The lowest BCUT2D eigenvalue weighted by Crippen LogP contribution is -2.41. The van der Waals surface area contributed by atoms with Crippen LogP contribution in [0.3, 0.4) is 0 Å². The van der Waals surface area contributed by atoms with Gasteiger partial charge in [0.1, 0.15) is 5.60 Å². The maximum Gasteiger partial charge on any atom is 0.330 e. The Hall–Kier alpha value is -1.62. The van der Waals surface area contributed by atoms with Crippen LogP contribution in [-0.4, -0.2) is 27.1 Å². The van der Waals surface area contributed by atoms with E-state index in [4.69, 9.17) is 4.74 Å². The zero-order chi connectivity index (χ0) is 16.0. The van der Waals surface area contributed by atoms with Crippen molar-refractivity contribution in [2.24, 2.45) is 4.99 Å². The summed E-state index contributed by atoms with van der Waals surface area (Å²) in [5.41, 5.74) is 1.45. The standard InChI is InChI=1S/C17H19NO3S.CH4/c1-4-13(19)17(10-16(2,3)21-15(17)20)22-14-9-11-7-5-6-8-12(11)18-14;/h5-8H,4,9-10H2,1-3H3;1H4. The topological polar surface area (TPSA) is 55.7 Å².